The molecular formula is C18H30N4O2. The fraction of sp³-hybridized carbons (Fsp3) is 0.778. The zero-order valence-electron chi connectivity index (χ0n) is 15.0. The van der Waals surface area contributed by atoms with E-state index in [4.69, 9.17) is 14.5 Å². The van der Waals surface area contributed by atoms with Gasteiger partial charge in [0.15, 0.2) is 0 Å². The summed E-state index contributed by atoms with van der Waals surface area (Å²) in [5.41, 5.74) is 1.22. The number of morpholine rings is 1. The van der Waals surface area contributed by atoms with Crippen molar-refractivity contribution < 1.29 is 9.47 Å². The third kappa shape index (κ3) is 4.65. The maximum Gasteiger partial charge on any atom is 0.132 e. The smallest absolute Gasteiger partial charge is 0.132 e. The quantitative estimate of drug-likeness (QED) is 0.740. The molecule has 2 saturated heterocycles. The first-order valence-electron chi connectivity index (χ1n) is 9.16. The van der Waals surface area contributed by atoms with Gasteiger partial charge in [0.25, 0.3) is 0 Å². The highest BCUT2D eigenvalue weighted by molar-refractivity contribution is 5.41. The molecule has 0 amide bonds. The van der Waals surface area contributed by atoms with Gasteiger partial charge in [-0.2, -0.15) is 0 Å². The van der Waals surface area contributed by atoms with E-state index in [0.717, 1.165) is 70.6 Å². The van der Waals surface area contributed by atoms with E-state index >= 15 is 0 Å². The molecule has 3 rings (SSSR count). The number of piperidine rings is 1. The zero-order valence-corrected chi connectivity index (χ0v) is 15.0. The van der Waals surface area contributed by atoms with Gasteiger partial charge in [-0.1, -0.05) is 0 Å². The largest absolute Gasteiger partial charge is 0.385 e. The first kappa shape index (κ1) is 17.6. The number of rotatable bonds is 6. The third-order valence-corrected chi connectivity index (χ3v) is 5.01. The topological polar surface area (TPSA) is 50.7 Å². The summed E-state index contributed by atoms with van der Waals surface area (Å²) in [5.74, 6) is 2.52. The molecule has 1 aromatic heterocycles. The number of aryl methyl sites for hydroxylation is 1. The van der Waals surface area contributed by atoms with Crippen LogP contribution in [0.1, 0.15) is 36.7 Å². The highest BCUT2D eigenvalue weighted by Crippen LogP contribution is 2.29. The molecule has 0 aromatic carbocycles. The van der Waals surface area contributed by atoms with Gasteiger partial charge in [-0.05, 0) is 39.3 Å². The Bertz CT molecular complexity index is 512. The molecule has 1 aromatic rings. The van der Waals surface area contributed by atoms with Crippen molar-refractivity contribution in [3.8, 4) is 0 Å². The Morgan fingerprint density at radius 2 is 1.92 bits per heavy atom. The van der Waals surface area contributed by atoms with E-state index in [1.54, 1.807) is 7.11 Å². The molecule has 0 saturated carbocycles. The predicted molar refractivity (Wildman–Crippen MR) is 94.7 cm³/mol. The van der Waals surface area contributed by atoms with Crippen molar-refractivity contribution in [2.75, 3.05) is 64.6 Å². The van der Waals surface area contributed by atoms with Gasteiger partial charge in [0.1, 0.15) is 11.6 Å². The van der Waals surface area contributed by atoms with E-state index in [-0.39, 0.29) is 0 Å². The molecule has 0 N–H and O–H groups in total. The Morgan fingerprint density at radius 3 is 2.62 bits per heavy atom. The Kier molecular flexibility index (Phi) is 6.40. The fourth-order valence-corrected chi connectivity index (χ4v) is 3.62. The van der Waals surface area contributed by atoms with Crippen LogP contribution in [0.25, 0.3) is 0 Å². The molecule has 2 aliphatic rings. The van der Waals surface area contributed by atoms with E-state index in [0.29, 0.717) is 5.92 Å². The first-order chi connectivity index (χ1) is 11.8. The van der Waals surface area contributed by atoms with Crippen molar-refractivity contribution in [2.24, 2.45) is 0 Å². The number of likely N-dealkylation sites (tertiary alicyclic amines) is 1. The average molecular weight is 334 g/mol. The molecule has 3 heterocycles. The maximum absolute atomic E-state index is 5.45. The summed E-state index contributed by atoms with van der Waals surface area (Å²) < 4.78 is 10.6. The maximum atomic E-state index is 5.45. The molecule has 0 atom stereocenters. The second-order valence-corrected chi connectivity index (χ2v) is 6.76. The van der Waals surface area contributed by atoms with Gasteiger partial charge >= 0.3 is 0 Å². The van der Waals surface area contributed by atoms with Gasteiger partial charge in [-0.15, -0.1) is 0 Å². The Hall–Kier alpha value is -1.24. The van der Waals surface area contributed by atoms with Crippen LogP contribution in [0, 0.1) is 6.92 Å². The molecule has 134 valence electrons. The summed E-state index contributed by atoms with van der Waals surface area (Å²) in [6, 6.07) is 2.21. The number of ether oxygens (including phenoxy) is 2. The minimum Gasteiger partial charge on any atom is -0.385 e. The number of anilines is 1. The van der Waals surface area contributed by atoms with Gasteiger partial charge in [-0.3, -0.25) is 0 Å². The highest BCUT2D eigenvalue weighted by Gasteiger charge is 2.23. The summed E-state index contributed by atoms with van der Waals surface area (Å²) >= 11 is 0. The summed E-state index contributed by atoms with van der Waals surface area (Å²) in [7, 11) is 1.77. The van der Waals surface area contributed by atoms with Crippen molar-refractivity contribution in [3.63, 3.8) is 0 Å². The van der Waals surface area contributed by atoms with Crippen LogP contribution in [0.5, 0.6) is 0 Å². The molecule has 6 heteroatoms. The molecule has 2 aliphatic heterocycles. The minimum absolute atomic E-state index is 0.560. The lowest BCUT2D eigenvalue weighted by atomic mass is 9.93. The summed E-state index contributed by atoms with van der Waals surface area (Å²) in [5, 5.41) is 0. The molecule has 0 bridgehead atoms. The van der Waals surface area contributed by atoms with E-state index in [2.05, 4.69) is 20.9 Å². The Labute approximate surface area is 145 Å². The SMILES string of the molecule is COCCCN1CCC(c2cc(N3CCOCC3)nc(C)n2)CC1. The van der Waals surface area contributed by atoms with Gasteiger partial charge in [0, 0.05) is 51.0 Å². The molecular weight excluding hydrogens is 304 g/mol. The highest BCUT2D eigenvalue weighted by atomic mass is 16.5. The molecule has 2 fully saturated rings. The minimum atomic E-state index is 0.560. The van der Waals surface area contributed by atoms with Crippen LogP contribution < -0.4 is 4.90 Å². The van der Waals surface area contributed by atoms with Gasteiger partial charge in [0.05, 0.1) is 13.2 Å². The van der Waals surface area contributed by atoms with Crippen molar-refractivity contribution in [1.29, 1.82) is 0 Å². The number of methoxy groups -OCH3 is 1. The fourth-order valence-electron chi connectivity index (χ4n) is 3.62. The molecule has 24 heavy (non-hydrogen) atoms. The molecule has 0 spiro atoms. The van der Waals surface area contributed by atoms with Gasteiger partial charge < -0.3 is 19.3 Å². The average Bonchev–Trinajstić information content (AvgIpc) is 2.63. The first-order valence-corrected chi connectivity index (χ1v) is 9.16. The second kappa shape index (κ2) is 8.74. The van der Waals surface area contributed by atoms with Crippen LogP contribution in [0.4, 0.5) is 5.82 Å². The van der Waals surface area contributed by atoms with Crippen molar-refractivity contribution in [1.82, 2.24) is 14.9 Å². The second-order valence-electron chi connectivity index (χ2n) is 6.76. The summed E-state index contributed by atoms with van der Waals surface area (Å²) in [6.07, 6.45) is 3.49. The standard InChI is InChI=1S/C18H30N4O2/c1-15-19-17(14-18(20-15)22-9-12-24-13-10-22)16-4-7-21(8-5-16)6-3-11-23-2/h14,16H,3-13H2,1-2H3. The summed E-state index contributed by atoms with van der Waals surface area (Å²) in [4.78, 5) is 14.3. The lowest BCUT2D eigenvalue weighted by Gasteiger charge is -2.32. The van der Waals surface area contributed by atoms with Crippen molar-refractivity contribution >= 4 is 5.82 Å². The van der Waals surface area contributed by atoms with Crippen LogP contribution in [-0.4, -0.2) is 74.5 Å². The monoisotopic (exact) mass is 334 g/mol. The third-order valence-electron chi connectivity index (χ3n) is 5.01. The van der Waals surface area contributed by atoms with Crippen LogP contribution in [-0.2, 0) is 9.47 Å². The normalized spacial score (nSPS) is 20.5. The number of nitrogens with zero attached hydrogens (tertiary/aromatic N) is 4. The van der Waals surface area contributed by atoms with E-state index in [1.807, 2.05) is 6.92 Å². The predicted octanol–water partition coefficient (Wildman–Crippen LogP) is 1.84. The van der Waals surface area contributed by atoms with E-state index in [1.165, 1.54) is 18.5 Å². The number of aromatic nitrogens is 2. The van der Waals surface area contributed by atoms with Crippen molar-refractivity contribution in [3.05, 3.63) is 17.6 Å². The zero-order chi connectivity index (χ0) is 16.8. The molecule has 0 radical (unpaired) electrons. The number of hydrogen-bond acceptors (Lipinski definition) is 6. The van der Waals surface area contributed by atoms with Gasteiger partial charge in [0.2, 0.25) is 0 Å². The lowest BCUT2D eigenvalue weighted by molar-refractivity contribution is 0.122. The van der Waals surface area contributed by atoms with Crippen molar-refractivity contribution in [2.45, 2.75) is 32.1 Å². The van der Waals surface area contributed by atoms with Crippen LogP contribution in [0.3, 0.4) is 0 Å². The summed E-state index contributed by atoms with van der Waals surface area (Å²) in [6.45, 7) is 9.75. The van der Waals surface area contributed by atoms with Crippen LogP contribution in [0.2, 0.25) is 0 Å². The molecule has 6 nitrogen and oxygen atoms in total. The lowest BCUT2D eigenvalue weighted by Crippen LogP contribution is -2.37. The van der Waals surface area contributed by atoms with E-state index in [9.17, 15) is 0 Å². The van der Waals surface area contributed by atoms with E-state index < -0.39 is 0 Å². The Balaban J connectivity index is 1.59. The molecule has 0 aliphatic carbocycles. The van der Waals surface area contributed by atoms with Gasteiger partial charge in [-0.25, -0.2) is 9.97 Å². The molecule has 0 unspecified atom stereocenters. The Morgan fingerprint density at radius 1 is 1.17 bits per heavy atom. The number of hydrogen-bond donors (Lipinski definition) is 0. The van der Waals surface area contributed by atoms with Crippen LogP contribution in [0.15, 0.2) is 6.07 Å². The van der Waals surface area contributed by atoms with Crippen LogP contribution >= 0.6 is 0 Å².